The molecule has 0 fully saturated rings. The predicted octanol–water partition coefficient (Wildman–Crippen LogP) is 2.96. The van der Waals surface area contributed by atoms with E-state index in [1.54, 1.807) is 0 Å². The summed E-state index contributed by atoms with van der Waals surface area (Å²) in [4.78, 5) is 0. The van der Waals surface area contributed by atoms with Gasteiger partial charge < -0.3 is 0 Å². The van der Waals surface area contributed by atoms with Crippen molar-refractivity contribution in [3.8, 4) is 0 Å². The van der Waals surface area contributed by atoms with Crippen LogP contribution in [-0.4, -0.2) is 4.40 Å². The zero-order valence-electron chi connectivity index (χ0n) is 9.98. The molecule has 0 atom stereocenters. The molecule has 15 heavy (non-hydrogen) atoms. The molecule has 0 amide bonds. The molecule has 2 heterocycles. The Hall–Kier alpha value is -1.31. The molecule has 0 spiro atoms. The van der Waals surface area contributed by atoms with Crippen LogP contribution in [0.15, 0.2) is 36.8 Å². The number of pyridine rings is 1. The van der Waals surface area contributed by atoms with E-state index in [0.717, 1.165) is 0 Å². The summed E-state index contributed by atoms with van der Waals surface area (Å²) >= 11 is 0. The van der Waals surface area contributed by atoms with E-state index in [-0.39, 0.29) is 0 Å². The maximum Gasteiger partial charge on any atom is 0.285 e. The van der Waals surface area contributed by atoms with Crippen molar-refractivity contribution in [2.24, 2.45) is 7.05 Å². The van der Waals surface area contributed by atoms with Crippen molar-refractivity contribution >= 4 is 5.65 Å². The number of aromatic nitrogens is 2. The highest BCUT2D eigenvalue weighted by molar-refractivity contribution is 5.30. The third-order valence-corrected chi connectivity index (χ3v) is 2.39. The zero-order valence-corrected chi connectivity index (χ0v) is 9.98. The van der Waals surface area contributed by atoms with Gasteiger partial charge in [-0.15, -0.1) is 0 Å². The van der Waals surface area contributed by atoms with Crippen LogP contribution in [-0.2, 0) is 7.05 Å². The minimum absolute atomic E-state index is 1.21. The van der Waals surface area contributed by atoms with Gasteiger partial charge in [-0.3, -0.25) is 0 Å². The van der Waals surface area contributed by atoms with Crippen molar-refractivity contribution < 1.29 is 4.57 Å². The first kappa shape index (κ1) is 11.8. The highest BCUT2D eigenvalue weighted by atomic mass is 15.1. The molecular weight excluding hydrogens is 184 g/mol. The van der Waals surface area contributed by atoms with Crippen molar-refractivity contribution in [2.75, 3.05) is 0 Å². The number of rotatable bonds is 2. The molecule has 2 rings (SSSR count). The summed E-state index contributed by atoms with van der Waals surface area (Å²) in [5.41, 5.74) is 1.21. The molecule has 0 aliphatic rings. The Bertz CT molecular complexity index is 388. The second-order valence-electron chi connectivity index (χ2n) is 3.73. The number of hydrogen-bond donors (Lipinski definition) is 0. The summed E-state index contributed by atoms with van der Waals surface area (Å²) in [5.74, 6) is 0. The third kappa shape index (κ3) is 3.39. The first-order valence-corrected chi connectivity index (χ1v) is 5.71. The van der Waals surface area contributed by atoms with Crippen LogP contribution in [0.5, 0.6) is 0 Å². The van der Waals surface area contributed by atoms with Gasteiger partial charge in [0.25, 0.3) is 5.65 Å². The fourth-order valence-corrected chi connectivity index (χ4v) is 1.47. The lowest BCUT2D eigenvalue weighted by atomic mass is 10.3. The first-order chi connectivity index (χ1) is 7.29. The van der Waals surface area contributed by atoms with Gasteiger partial charge in [-0.2, -0.15) is 0 Å². The number of nitrogens with zero attached hydrogens (tertiary/aromatic N) is 2. The Morgan fingerprint density at radius 2 is 1.87 bits per heavy atom. The lowest BCUT2D eigenvalue weighted by Crippen LogP contribution is -2.25. The molecule has 0 saturated heterocycles. The van der Waals surface area contributed by atoms with E-state index < -0.39 is 0 Å². The maximum absolute atomic E-state index is 2.21. The largest absolute Gasteiger partial charge is 0.285 e. The van der Waals surface area contributed by atoms with Gasteiger partial charge in [-0.05, 0) is 6.07 Å². The molecule has 2 nitrogen and oxygen atoms in total. The highest BCUT2D eigenvalue weighted by Crippen LogP contribution is 1.94. The zero-order chi connectivity index (χ0) is 11.1. The average Bonchev–Trinajstić information content (AvgIpc) is 2.64. The summed E-state index contributed by atoms with van der Waals surface area (Å²) in [7, 11) is 2.04. The summed E-state index contributed by atoms with van der Waals surface area (Å²) in [6.07, 6.45) is 10.2. The van der Waals surface area contributed by atoms with Crippen LogP contribution < -0.4 is 4.57 Å². The van der Waals surface area contributed by atoms with Crippen molar-refractivity contribution in [1.82, 2.24) is 4.40 Å². The molecule has 2 heteroatoms. The summed E-state index contributed by atoms with van der Waals surface area (Å²) in [6.45, 7) is 4.42. The van der Waals surface area contributed by atoms with Crippen LogP contribution in [0.2, 0.25) is 0 Å². The van der Waals surface area contributed by atoms with Crippen molar-refractivity contribution in [3.63, 3.8) is 0 Å². The molecule has 82 valence electrons. The number of unbranched alkanes of at least 4 members (excludes halogenated alkanes) is 2. The molecule has 0 aliphatic carbocycles. The third-order valence-electron chi connectivity index (χ3n) is 2.39. The summed E-state index contributed by atoms with van der Waals surface area (Å²) in [6, 6.07) is 6.14. The van der Waals surface area contributed by atoms with Gasteiger partial charge in [-0.1, -0.05) is 39.2 Å². The lowest BCUT2D eigenvalue weighted by molar-refractivity contribution is -0.644. The Balaban J connectivity index is 0.000000195. The summed E-state index contributed by atoms with van der Waals surface area (Å²) in [5, 5.41) is 0. The van der Waals surface area contributed by atoms with Crippen molar-refractivity contribution in [2.45, 2.75) is 33.1 Å². The van der Waals surface area contributed by atoms with E-state index in [0.29, 0.717) is 0 Å². The molecule has 2 aromatic rings. The van der Waals surface area contributed by atoms with Crippen molar-refractivity contribution in [3.05, 3.63) is 36.8 Å². The highest BCUT2D eigenvalue weighted by Gasteiger charge is 2.00. The van der Waals surface area contributed by atoms with Gasteiger partial charge in [0.2, 0.25) is 0 Å². The van der Waals surface area contributed by atoms with E-state index in [1.807, 2.05) is 37.8 Å². The quantitative estimate of drug-likeness (QED) is 0.666. The van der Waals surface area contributed by atoms with Gasteiger partial charge >= 0.3 is 0 Å². The van der Waals surface area contributed by atoms with Gasteiger partial charge in [0.15, 0.2) is 0 Å². The van der Waals surface area contributed by atoms with Crippen LogP contribution in [0.25, 0.3) is 5.65 Å². The molecule has 0 saturated carbocycles. The van der Waals surface area contributed by atoms with Gasteiger partial charge in [-0.25, -0.2) is 8.97 Å². The Morgan fingerprint density at radius 3 is 2.40 bits per heavy atom. The van der Waals surface area contributed by atoms with Gasteiger partial charge in [0.05, 0.1) is 13.2 Å². The standard InChI is InChI=1S/C8H9N2.C5H12/c1-9-6-7-10-5-3-2-4-8(9)10;1-3-5-4-2/h2-7H,1H3;3-5H2,1-2H3/q+1;. The fraction of sp³-hybridized carbons (Fsp3) is 0.462. The topological polar surface area (TPSA) is 8.29 Å². The molecule has 0 radical (unpaired) electrons. The number of hydrogen-bond acceptors (Lipinski definition) is 0. The number of aryl methyl sites for hydroxylation is 1. The van der Waals surface area contributed by atoms with Gasteiger partial charge in [0, 0.05) is 6.07 Å². The molecule has 2 aromatic heterocycles. The van der Waals surface area contributed by atoms with E-state index in [2.05, 4.69) is 28.9 Å². The molecule has 0 aliphatic heterocycles. The lowest BCUT2D eigenvalue weighted by Gasteiger charge is -1.84. The first-order valence-electron chi connectivity index (χ1n) is 5.71. The average molecular weight is 205 g/mol. The van der Waals surface area contributed by atoms with Crippen LogP contribution >= 0.6 is 0 Å². The SMILES string of the molecule is CCCCC.C[n+]1ccn2ccccc21. The molecule has 0 bridgehead atoms. The van der Waals surface area contributed by atoms with Crippen LogP contribution in [0.4, 0.5) is 0 Å². The smallest absolute Gasteiger partial charge is 0.233 e. The molecule has 0 N–H and O–H groups in total. The van der Waals surface area contributed by atoms with E-state index in [4.69, 9.17) is 0 Å². The Labute approximate surface area is 92.2 Å². The Kier molecular flexibility index (Phi) is 4.88. The maximum atomic E-state index is 2.21. The molecular formula is C13H21N2+. The fourth-order valence-electron chi connectivity index (χ4n) is 1.47. The Morgan fingerprint density at radius 1 is 1.13 bits per heavy atom. The monoisotopic (exact) mass is 205 g/mol. The second kappa shape index (κ2) is 6.23. The van der Waals surface area contributed by atoms with Crippen molar-refractivity contribution in [1.29, 1.82) is 0 Å². The van der Waals surface area contributed by atoms with E-state index in [1.165, 1.54) is 24.9 Å². The van der Waals surface area contributed by atoms with Crippen LogP contribution in [0, 0.1) is 0 Å². The summed E-state index contributed by atoms with van der Waals surface area (Å²) < 4.78 is 4.17. The van der Waals surface area contributed by atoms with Gasteiger partial charge in [0.1, 0.15) is 12.4 Å². The normalized spacial score (nSPS) is 9.80. The minimum Gasteiger partial charge on any atom is -0.233 e. The van der Waals surface area contributed by atoms with Crippen LogP contribution in [0.1, 0.15) is 33.1 Å². The predicted molar refractivity (Wildman–Crippen MR) is 63.8 cm³/mol. The second-order valence-corrected chi connectivity index (χ2v) is 3.73. The number of imidazole rings is 1. The van der Waals surface area contributed by atoms with E-state index in [9.17, 15) is 0 Å². The van der Waals surface area contributed by atoms with E-state index >= 15 is 0 Å². The minimum atomic E-state index is 1.21. The van der Waals surface area contributed by atoms with Crippen LogP contribution in [0.3, 0.4) is 0 Å². The molecule has 0 unspecified atom stereocenters. The number of fused-ring (bicyclic) bond motifs is 1. The molecule has 0 aromatic carbocycles.